The molecule has 2 aliphatic rings. The molecule has 0 saturated carbocycles. The van der Waals surface area contributed by atoms with Crippen LogP contribution in [-0.2, 0) is 20.9 Å². The molecule has 0 bridgehead atoms. The second-order valence-corrected chi connectivity index (χ2v) is 11.2. The molecule has 0 aromatic heterocycles. The van der Waals surface area contributed by atoms with E-state index in [1.165, 1.54) is 7.11 Å². The summed E-state index contributed by atoms with van der Waals surface area (Å²) in [6.07, 6.45) is 1.08. The molecule has 3 aromatic carbocycles. The standard InChI is InChI=1S/C33H35N3O5/c1-33(2)17-25-30(27(37)18-33)31(21-13-15-22(16-14-21)32(39)41-4)36(26-11-7-6-10-24(26)35-25)20-29(38)34-19-23-9-5-8-12-28(23)40-3/h5-16,31,35H,17-20H2,1-4H3,(H,34,38). The lowest BCUT2D eigenvalue weighted by atomic mass is 9.73. The SMILES string of the molecule is COC(=O)c1ccc(C2C3=C(CC(C)(C)CC3=O)Nc3ccccc3N2CC(=O)NCc2ccccc2OC)cc1. The first-order valence-corrected chi connectivity index (χ1v) is 13.7. The zero-order chi connectivity index (χ0) is 29.1. The summed E-state index contributed by atoms with van der Waals surface area (Å²) in [7, 11) is 2.95. The van der Waals surface area contributed by atoms with Crippen LogP contribution in [0.3, 0.4) is 0 Å². The van der Waals surface area contributed by atoms with Crippen molar-refractivity contribution in [1.29, 1.82) is 0 Å². The van der Waals surface area contributed by atoms with Crippen LogP contribution in [0, 0.1) is 5.41 Å². The molecule has 1 atom stereocenters. The molecule has 0 fully saturated rings. The van der Waals surface area contributed by atoms with E-state index in [1.54, 1.807) is 19.2 Å². The van der Waals surface area contributed by atoms with E-state index < -0.39 is 12.0 Å². The summed E-state index contributed by atoms with van der Waals surface area (Å²) >= 11 is 0. The molecule has 0 radical (unpaired) electrons. The number of fused-ring (bicyclic) bond motifs is 1. The summed E-state index contributed by atoms with van der Waals surface area (Å²) in [6.45, 7) is 4.49. The Bertz CT molecular complexity index is 1510. The number of nitrogens with one attached hydrogen (secondary N) is 2. The van der Waals surface area contributed by atoms with Crippen molar-refractivity contribution in [3.05, 3.63) is 101 Å². The Hall–Kier alpha value is -4.59. The van der Waals surface area contributed by atoms with Crippen molar-refractivity contribution in [2.75, 3.05) is 31.0 Å². The number of nitrogens with zero attached hydrogens (tertiary/aromatic N) is 1. The van der Waals surface area contributed by atoms with E-state index in [2.05, 4.69) is 24.5 Å². The van der Waals surface area contributed by atoms with E-state index in [-0.39, 0.29) is 23.7 Å². The highest BCUT2D eigenvalue weighted by atomic mass is 16.5. The first kappa shape index (κ1) is 28.0. The Kier molecular flexibility index (Phi) is 7.83. The molecule has 1 unspecified atom stereocenters. The van der Waals surface area contributed by atoms with Crippen LogP contribution in [0.1, 0.15) is 54.2 Å². The average molecular weight is 554 g/mol. The number of amides is 1. The summed E-state index contributed by atoms with van der Waals surface area (Å²) in [5.74, 6) is 0.103. The molecular formula is C33H35N3O5. The number of hydrogen-bond donors (Lipinski definition) is 2. The maximum atomic E-state index is 13.9. The number of ether oxygens (including phenoxy) is 2. The van der Waals surface area contributed by atoms with Gasteiger partial charge in [0.15, 0.2) is 5.78 Å². The van der Waals surface area contributed by atoms with Gasteiger partial charge in [0, 0.05) is 29.8 Å². The average Bonchev–Trinajstić information content (AvgIpc) is 3.09. The van der Waals surface area contributed by atoms with Crippen molar-refractivity contribution in [1.82, 2.24) is 5.32 Å². The second-order valence-electron chi connectivity index (χ2n) is 11.2. The van der Waals surface area contributed by atoms with Gasteiger partial charge in [0.05, 0.1) is 43.7 Å². The highest BCUT2D eigenvalue weighted by Crippen LogP contribution is 2.48. The number of para-hydroxylation sites is 3. The number of allylic oxidation sites excluding steroid dienone is 1. The predicted octanol–water partition coefficient (Wildman–Crippen LogP) is 5.41. The first-order chi connectivity index (χ1) is 19.7. The van der Waals surface area contributed by atoms with E-state index in [4.69, 9.17) is 9.47 Å². The Morgan fingerprint density at radius 1 is 0.976 bits per heavy atom. The fraction of sp³-hybridized carbons (Fsp3) is 0.303. The highest BCUT2D eigenvalue weighted by Gasteiger charge is 2.42. The Morgan fingerprint density at radius 2 is 1.68 bits per heavy atom. The van der Waals surface area contributed by atoms with Crippen molar-refractivity contribution >= 4 is 29.0 Å². The fourth-order valence-electron chi connectivity index (χ4n) is 5.75. The first-order valence-electron chi connectivity index (χ1n) is 13.7. The van der Waals surface area contributed by atoms with Gasteiger partial charge in [0.2, 0.25) is 5.91 Å². The number of anilines is 2. The van der Waals surface area contributed by atoms with E-state index in [0.29, 0.717) is 36.3 Å². The Labute approximate surface area is 240 Å². The zero-order valence-corrected chi connectivity index (χ0v) is 23.8. The van der Waals surface area contributed by atoms with Crippen LogP contribution < -0.4 is 20.3 Å². The monoisotopic (exact) mass is 553 g/mol. The number of carbonyl (C=O) groups is 3. The third kappa shape index (κ3) is 5.82. The lowest BCUT2D eigenvalue weighted by Crippen LogP contribution is -2.42. The number of benzene rings is 3. The predicted molar refractivity (Wildman–Crippen MR) is 158 cm³/mol. The molecule has 0 saturated heterocycles. The van der Waals surface area contributed by atoms with Gasteiger partial charge in [-0.05, 0) is 47.7 Å². The van der Waals surface area contributed by atoms with Gasteiger partial charge in [0.1, 0.15) is 5.75 Å². The molecule has 5 rings (SSSR count). The van der Waals surface area contributed by atoms with E-state index in [0.717, 1.165) is 28.2 Å². The van der Waals surface area contributed by atoms with E-state index in [9.17, 15) is 14.4 Å². The van der Waals surface area contributed by atoms with Gasteiger partial charge < -0.3 is 25.0 Å². The minimum absolute atomic E-state index is 0.00468. The third-order valence-corrected chi connectivity index (χ3v) is 7.63. The largest absolute Gasteiger partial charge is 0.496 e. The number of carbonyl (C=O) groups excluding carboxylic acids is 3. The maximum absolute atomic E-state index is 13.9. The van der Waals surface area contributed by atoms with Crippen LogP contribution in [0.5, 0.6) is 5.75 Å². The smallest absolute Gasteiger partial charge is 0.337 e. The third-order valence-electron chi connectivity index (χ3n) is 7.63. The topological polar surface area (TPSA) is 97.0 Å². The molecule has 2 N–H and O–H groups in total. The normalized spacial score (nSPS) is 17.5. The highest BCUT2D eigenvalue weighted by molar-refractivity contribution is 6.02. The van der Waals surface area contributed by atoms with Crippen molar-refractivity contribution in [3.63, 3.8) is 0 Å². The summed E-state index contributed by atoms with van der Waals surface area (Å²) in [5, 5.41) is 6.59. The van der Waals surface area contributed by atoms with E-state index in [1.807, 2.05) is 65.6 Å². The van der Waals surface area contributed by atoms with Crippen molar-refractivity contribution in [3.8, 4) is 5.75 Å². The lowest BCUT2D eigenvalue weighted by molar-refractivity contribution is -0.121. The summed E-state index contributed by atoms with van der Waals surface area (Å²) < 4.78 is 10.3. The van der Waals surface area contributed by atoms with Crippen LogP contribution in [-0.4, -0.2) is 38.4 Å². The molecule has 212 valence electrons. The number of methoxy groups -OCH3 is 2. The van der Waals surface area contributed by atoms with Crippen LogP contribution >= 0.6 is 0 Å². The molecule has 1 aliphatic carbocycles. The number of esters is 1. The molecule has 1 heterocycles. The van der Waals surface area contributed by atoms with Crippen molar-refractivity contribution in [2.24, 2.45) is 5.41 Å². The number of rotatable bonds is 7. The van der Waals surface area contributed by atoms with Gasteiger partial charge in [-0.2, -0.15) is 0 Å². The molecular weight excluding hydrogens is 518 g/mol. The quantitative estimate of drug-likeness (QED) is 0.378. The van der Waals surface area contributed by atoms with Gasteiger partial charge in [0.25, 0.3) is 0 Å². The lowest BCUT2D eigenvalue weighted by Gasteiger charge is -2.38. The van der Waals surface area contributed by atoms with Gasteiger partial charge >= 0.3 is 5.97 Å². The van der Waals surface area contributed by atoms with Gasteiger partial charge in [-0.25, -0.2) is 4.79 Å². The van der Waals surface area contributed by atoms with Gasteiger partial charge in [-0.15, -0.1) is 0 Å². The Balaban J connectivity index is 1.57. The number of Topliss-reactive ketones (excluding diaryl/α,β-unsaturated/α-hetero) is 1. The van der Waals surface area contributed by atoms with Crippen LogP contribution in [0.15, 0.2) is 84.1 Å². The van der Waals surface area contributed by atoms with Gasteiger partial charge in [-0.1, -0.05) is 56.3 Å². The molecule has 3 aromatic rings. The molecule has 1 aliphatic heterocycles. The van der Waals surface area contributed by atoms with Crippen LogP contribution in [0.25, 0.3) is 0 Å². The second kappa shape index (κ2) is 11.5. The van der Waals surface area contributed by atoms with Gasteiger partial charge in [-0.3, -0.25) is 9.59 Å². The molecule has 8 heteroatoms. The zero-order valence-electron chi connectivity index (χ0n) is 23.8. The van der Waals surface area contributed by atoms with Crippen LogP contribution in [0.4, 0.5) is 11.4 Å². The Morgan fingerprint density at radius 3 is 2.41 bits per heavy atom. The fourth-order valence-corrected chi connectivity index (χ4v) is 5.75. The van der Waals surface area contributed by atoms with E-state index >= 15 is 0 Å². The minimum atomic E-state index is -0.548. The molecule has 41 heavy (non-hydrogen) atoms. The maximum Gasteiger partial charge on any atom is 0.337 e. The number of hydrogen-bond acceptors (Lipinski definition) is 7. The number of ketones is 1. The summed E-state index contributed by atoms with van der Waals surface area (Å²) in [4.78, 5) is 41.5. The van der Waals surface area contributed by atoms with Crippen LogP contribution in [0.2, 0.25) is 0 Å². The molecule has 0 spiro atoms. The summed E-state index contributed by atoms with van der Waals surface area (Å²) in [6, 6.07) is 21.9. The summed E-state index contributed by atoms with van der Waals surface area (Å²) in [5.41, 5.74) is 5.01. The minimum Gasteiger partial charge on any atom is -0.496 e. The molecule has 1 amide bonds. The van der Waals surface area contributed by atoms with Crippen molar-refractivity contribution < 1.29 is 23.9 Å². The molecule has 8 nitrogen and oxygen atoms in total. The van der Waals surface area contributed by atoms with Crippen molar-refractivity contribution in [2.45, 2.75) is 39.3 Å².